The van der Waals surface area contributed by atoms with Crippen molar-refractivity contribution in [2.45, 2.75) is 11.4 Å². The summed E-state index contributed by atoms with van der Waals surface area (Å²) < 4.78 is 14.1. The Morgan fingerprint density at radius 2 is 1.87 bits per heavy atom. The molecule has 82 valence electrons. The fourth-order valence-corrected chi connectivity index (χ4v) is 1.93. The molecule has 4 heteroatoms. The Hall–Kier alpha value is -0.550. The Bertz CT molecular complexity index is 296. The summed E-state index contributed by atoms with van der Waals surface area (Å²) in [6.07, 6.45) is 0. The zero-order valence-corrected chi connectivity index (χ0v) is 9.37. The normalized spacial score (nSPS) is 17.9. The third-order valence-corrected chi connectivity index (χ3v) is 3.02. The molecule has 1 N–H and O–H groups in total. The van der Waals surface area contributed by atoms with Gasteiger partial charge < -0.3 is 9.29 Å². The summed E-state index contributed by atoms with van der Waals surface area (Å²) >= 11 is 0.790. The van der Waals surface area contributed by atoms with E-state index < -0.39 is 0 Å². The molecule has 15 heavy (non-hydrogen) atoms. The molecule has 1 aromatic carbocycles. The minimum absolute atomic E-state index is 0.790. The topological polar surface area (TPSA) is 32.7 Å². The van der Waals surface area contributed by atoms with E-state index in [1.807, 2.05) is 12.1 Å². The van der Waals surface area contributed by atoms with Crippen molar-refractivity contribution in [3.8, 4) is 0 Å². The molecule has 0 spiro atoms. The van der Waals surface area contributed by atoms with E-state index in [2.05, 4.69) is 17.0 Å². The SMILES string of the molecule is OSc1ccc(CN2CCOCC2)cc1. The third kappa shape index (κ3) is 3.21. The van der Waals surface area contributed by atoms with E-state index in [1.54, 1.807) is 0 Å². The monoisotopic (exact) mass is 225 g/mol. The molecule has 1 aliphatic rings. The lowest BCUT2D eigenvalue weighted by Gasteiger charge is -2.26. The van der Waals surface area contributed by atoms with Gasteiger partial charge in [0.1, 0.15) is 0 Å². The number of hydrogen-bond acceptors (Lipinski definition) is 4. The maximum atomic E-state index is 8.84. The van der Waals surface area contributed by atoms with E-state index in [1.165, 1.54) is 5.56 Å². The van der Waals surface area contributed by atoms with Gasteiger partial charge in [-0.05, 0) is 17.7 Å². The van der Waals surface area contributed by atoms with Gasteiger partial charge in [0, 0.05) is 36.6 Å². The highest BCUT2D eigenvalue weighted by atomic mass is 32.2. The Morgan fingerprint density at radius 3 is 2.47 bits per heavy atom. The average molecular weight is 225 g/mol. The molecule has 0 bridgehead atoms. The summed E-state index contributed by atoms with van der Waals surface area (Å²) in [7, 11) is 0. The summed E-state index contributed by atoms with van der Waals surface area (Å²) in [4.78, 5) is 3.27. The van der Waals surface area contributed by atoms with Crippen molar-refractivity contribution in [1.29, 1.82) is 0 Å². The molecular weight excluding hydrogens is 210 g/mol. The minimum atomic E-state index is 0.790. The van der Waals surface area contributed by atoms with Crippen LogP contribution in [0.15, 0.2) is 29.2 Å². The van der Waals surface area contributed by atoms with Crippen molar-refractivity contribution in [1.82, 2.24) is 4.90 Å². The molecule has 0 unspecified atom stereocenters. The summed E-state index contributed by atoms with van der Waals surface area (Å²) in [5.41, 5.74) is 1.29. The number of morpholine rings is 1. The molecular formula is C11H15NO2S. The molecule has 1 saturated heterocycles. The largest absolute Gasteiger partial charge is 0.379 e. The molecule has 1 aliphatic heterocycles. The number of hydrogen-bond donors (Lipinski definition) is 1. The molecule has 0 aromatic heterocycles. The Kier molecular flexibility index (Phi) is 4.02. The molecule has 0 atom stereocenters. The molecule has 0 amide bonds. The van der Waals surface area contributed by atoms with Crippen LogP contribution >= 0.6 is 12.0 Å². The fraction of sp³-hybridized carbons (Fsp3) is 0.455. The van der Waals surface area contributed by atoms with Gasteiger partial charge in [0.15, 0.2) is 0 Å². The van der Waals surface area contributed by atoms with Crippen molar-refractivity contribution in [2.24, 2.45) is 0 Å². The highest BCUT2D eigenvalue weighted by Crippen LogP contribution is 2.15. The van der Waals surface area contributed by atoms with Crippen LogP contribution in [0.25, 0.3) is 0 Å². The second kappa shape index (κ2) is 5.51. The standard InChI is InChI=1S/C11H15NO2S/c13-15-11-3-1-10(2-4-11)9-12-5-7-14-8-6-12/h1-4,13H,5-9H2. The van der Waals surface area contributed by atoms with Crippen LogP contribution in [0, 0.1) is 0 Å². The first-order valence-corrected chi connectivity index (χ1v) is 5.86. The zero-order chi connectivity index (χ0) is 10.5. The van der Waals surface area contributed by atoms with Gasteiger partial charge in [-0.25, -0.2) is 0 Å². The lowest BCUT2D eigenvalue weighted by atomic mass is 10.2. The quantitative estimate of drug-likeness (QED) is 0.798. The van der Waals surface area contributed by atoms with E-state index in [0.29, 0.717) is 0 Å². The molecule has 1 fully saturated rings. The summed E-state index contributed by atoms with van der Waals surface area (Å²) in [5, 5.41) is 0. The molecule has 3 nitrogen and oxygen atoms in total. The van der Waals surface area contributed by atoms with Gasteiger partial charge >= 0.3 is 0 Å². The predicted octanol–water partition coefficient (Wildman–Crippen LogP) is 2.08. The van der Waals surface area contributed by atoms with Crippen LogP contribution in [0.2, 0.25) is 0 Å². The predicted molar refractivity (Wildman–Crippen MR) is 61.0 cm³/mol. The molecule has 1 heterocycles. The highest BCUT2D eigenvalue weighted by molar-refractivity contribution is 7.93. The summed E-state index contributed by atoms with van der Waals surface area (Å²) in [6, 6.07) is 8.02. The van der Waals surface area contributed by atoms with Gasteiger partial charge in [0.25, 0.3) is 0 Å². The summed E-state index contributed by atoms with van der Waals surface area (Å²) in [6.45, 7) is 4.67. The second-order valence-electron chi connectivity index (χ2n) is 3.62. The van der Waals surface area contributed by atoms with E-state index in [9.17, 15) is 0 Å². The molecule has 1 aromatic rings. The number of benzene rings is 1. The van der Waals surface area contributed by atoms with Crippen LogP contribution in [0.3, 0.4) is 0 Å². The van der Waals surface area contributed by atoms with Crippen molar-refractivity contribution in [3.05, 3.63) is 29.8 Å². The Labute approximate surface area is 94.3 Å². The van der Waals surface area contributed by atoms with Crippen LogP contribution in [-0.4, -0.2) is 35.8 Å². The minimum Gasteiger partial charge on any atom is -0.379 e. The van der Waals surface area contributed by atoms with E-state index in [0.717, 1.165) is 49.8 Å². The van der Waals surface area contributed by atoms with Crippen molar-refractivity contribution in [2.75, 3.05) is 26.3 Å². The summed E-state index contributed by atoms with van der Waals surface area (Å²) in [5.74, 6) is 0. The lowest BCUT2D eigenvalue weighted by molar-refractivity contribution is 0.0342. The third-order valence-electron chi connectivity index (χ3n) is 2.54. The number of nitrogens with zero attached hydrogens (tertiary/aromatic N) is 1. The van der Waals surface area contributed by atoms with Crippen LogP contribution < -0.4 is 0 Å². The molecule has 0 saturated carbocycles. The fourth-order valence-electron chi connectivity index (χ4n) is 1.67. The molecule has 0 aliphatic carbocycles. The van der Waals surface area contributed by atoms with Crippen LogP contribution in [0.1, 0.15) is 5.56 Å². The number of ether oxygens (including phenoxy) is 1. The van der Waals surface area contributed by atoms with E-state index >= 15 is 0 Å². The van der Waals surface area contributed by atoms with Crippen molar-refractivity contribution < 1.29 is 9.29 Å². The average Bonchev–Trinajstić information content (AvgIpc) is 2.31. The second-order valence-corrected chi connectivity index (χ2v) is 4.28. The van der Waals surface area contributed by atoms with Gasteiger partial charge in [-0.1, -0.05) is 12.1 Å². The lowest BCUT2D eigenvalue weighted by Crippen LogP contribution is -2.35. The van der Waals surface area contributed by atoms with E-state index in [4.69, 9.17) is 9.29 Å². The van der Waals surface area contributed by atoms with Crippen LogP contribution in [0.4, 0.5) is 0 Å². The van der Waals surface area contributed by atoms with Gasteiger partial charge in [-0.15, -0.1) is 0 Å². The van der Waals surface area contributed by atoms with Crippen LogP contribution in [0.5, 0.6) is 0 Å². The van der Waals surface area contributed by atoms with Gasteiger partial charge in [0.05, 0.1) is 13.2 Å². The first-order chi connectivity index (χ1) is 7.38. The zero-order valence-electron chi connectivity index (χ0n) is 8.56. The van der Waals surface area contributed by atoms with Crippen molar-refractivity contribution >= 4 is 12.0 Å². The maximum Gasteiger partial charge on any atom is 0.0594 e. The van der Waals surface area contributed by atoms with Crippen LogP contribution in [-0.2, 0) is 11.3 Å². The Balaban J connectivity index is 1.91. The smallest absolute Gasteiger partial charge is 0.0594 e. The first-order valence-electron chi connectivity index (χ1n) is 5.09. The van der Waals surface area contributed by atoms with Gasteiger partial charge in [0.2, 0.25) is 0 Å². The first kappa shape index (κ1) is 11.0. The van der Waals surface area contributed by atoms with Gasteiger partial charge in [-0.2, -0.15) is 0 Å². The maximum absolute atomic E-state index is 8.84. The Morgan fingerprint density at radius 1 is 1.20 bits per heavy atom. The number of rotatable bonds is 3. The van der Waals surface area contributed by atoms with Gasteiger partial charge in [-0.3, -0.25) is 4.90 Å². The van der Waals surface area contributed by atoms with E-state index in [-0.39, 0.29) is 0 Å². The molecule has 2 rings (SSSR count). The highest BCUT2D eigenvalue weighted by Gasteiger charge is 2.10. The molecule has 0 radical (unpaired) electrons. The van der Waals surface area contributed by atoms with Crippen molar-refractivity contribution in [3.63, 3.8) is 0 Å².